The van der Waals surface area contributed by atoms with Crippen molar-refractivity contribution in [3.8, 4) is 0 Å². The van der Waals surface area contributed by atoms with Gasteiger partial charge in [0.25, 0.3) is 0 Å². The summed E-state index contributed by atoms with van der Waals surface area (Å²) < 4.78 is 0. The number of hydrogen-bond donors (Lipinski definition) is 2. The summed E-state index contributed by atoms with van der Waals surface area (Å²) in [6.45, 7) is 0. The van der Waals surface area contributed by atoms with Crippen molar-refractivity contribution in [1.29, 1.82) is 0 Å². The molecule has 0 aliphatic heterocycles. The number of carbonyl (C=O) groups is 2. The molecule has 4 heteroatoms. The molecule has 0 spiro atoms. The normalized spacial score (nSPS) is 22.9. The second-order valence-electron chi connectivity index (χ2n) is 3.49. The average molecular weight is 194 g/mol. The first-order valence-electron chi connectivity index (χ1n) is 4.52. The summed E-state index contributed by atoms with van der Waals surface area (Å²) in [5.41, 5.74) is 0.0926. The summed E-state index contributed by atoms with van der Waals surface area (Å²) in [6, 6.07) is 0. The van der Waals surface area contributed by atoms with E-state index in [9.17, 15) is 19.8 Å². The van der Waals surface area contributed by atoms with Gasteiger partial charge in [0.2, 0.25) is 0 Å². The van der Waals surface area contributed by atoms with Crippen LogP contribution in [0.25, 0.3) is 0 Å². The minimum absolute atomic E-state index is 0.0463. The third-order valence-electron chi connectivity index (χ3n) is 2.56. The van der Waals surface area contributed by atoms with Crippen LogP contribution in [-0.2, 0) is 9.59 Å². The monoisotopic (exact) mass is 194 g/mol. The van der Waals surface area contributed by atoms with Crippen LogP contribution in [0.4, 0.5) is 0 Å². The zero-order valence-electron chi connectivity index (χ0n) is 7.54. The topological polar surface area (TPSA) is 74.6 Å². The van der Waals surface area contributed by atoms with Crippen LogP contribution in [0.2, 0.25) is 0 Å². The van der Waals surface area contributed by atoms with E-state index in [1.54, 1.807) is 0 Å². The molecule has 2 rings (SSSR count). The highest BCUT2D eigenvalue weighted by molar-refractivity contribution is 6.15. The van der Waals surface area contributed by atoms with Gasteiger partial charge in [-0.05, 0) is 0 Å². The van der Waals surface area contributed by atoms with Gasteiger partial charge in [0.1, 0.15) is 11.5 Å². The van der Waals surface area contributed by atoms with E-state index >= 15 is 0 Å². The van der Waals surface area contributed by atoms with Crippen molar-refractivity contribution in [1.82, 2.24) is 0 Å². The van der Waals surface area contributed by atoms with Crippen LogP contribution in [0.3, 0.4) is 0 Å². The molecule has 0 bridgehead atoms. The lowest BCUT2D eigenvalue weighted by atomic mass is 9.82. The standard InChI is InChI=1S/C10H10O4/c11-5-1-2-6(12)10-8(14)4-3-7(13)9(5)10/h11,14H,1-4H2. The number of aliphatic hydroxyl groups excluding tert-OH is 2. The van der Waals surface area contributed by atoms with Crippen LogP contribution in [0.5, 0.6) is 0 Å². The Hall–Kier alpha value is -1.58. The highest BCUT2D eigenvalue weighted by atomic mass is 16.3. The highest BCUT2D eigenvalue weighted by Gasteiger charge is 2.34. The Morgan fingerprint density at radius 3 is 1.43 bits per heavy atom. The van der Waals surface area contributed by atoms with E-state index in [-0.39, 0.29) is 59.9 Å². The Kier molecular flexibility index (Phi) is 1.91. The molecule has 0 aromatic heterocycles. The van der Waals surface area contributed by atoms with Gasteiger partial charge in [-0.25, -0.2) is 0 Å². The molecule has 0 saturated heterocycles. The maximum absolute atomic E-state index is 11.4. The van der Waals surface area contributed by atoms with Crippen LogP contribution in [0.1, 0.15) is 25.7 Å². The molecule has 4 nitrogen and oxygen atoms in total. The third kappa shape index (κ3) is 1.14. The Bertz CT molecular complexity index is 349. The van der Waals surface area contributed by atoms with Crippen molar-refractivity contribution >= 4 is 11.6 Å². The second kappa shape index (κ2) is 2.97. The van der Waals surface area contributed by atoms with Crippen molar-refractivity contribution in [3.05, 3.63) is 22.7 Å². The zero-order chi connectivity index (χ0) is 10.3. The van der Waals surface area contributed by atoms with Crippen LogP contribution < -0.4 is 0 Å². The molecule has 2 aliphatic rings. The van der Waals surface area contributed by atoms with E-state index in [4.69, 9.17) is 0 Å². The third-order valence-corrected chi connectivity index (χ3v) is 2.56. The van der Waals surface area contributed by atoms with Gasteiger partial charge in [0.15, 0.2) is 11.6 Å². The summed E-state index contributed by atoms with van der Waals surface area (Å²) in [6.07, 6.45) is 0.747. The fourth-order valence-corrected chi connectivity index (χ4v) is 1.85. The van der Waals surface area contributed by atoms with Crippen molar-refractivity contribution in [2.24, 2.45) is 0 Å². The number of hydrogen-bond acceptors (Lipinski definition) is 4. The van der Waals surface area contributed by atoms with Crippen LogP contribution in [0.15, 0.2) is 22.7 Å². The molecule has 0 radical (unpaired) electrons. The summed E-state index contributed by atoms with van der Waals surface area (Å²) in [5, 5.41) is 18.9. The van der Waals surface area contributed by atoms with Crippen LogP contribution in [0, 0.1) is 0 Å². The van der Waals surface area contributed by atoms with Gasteiger partial charge < -0.3 is 10.2 Å². The summed E-state index contributed by atoms with van der Waals surface area (Å²) in [4.78, 5) is 22.8. The minimum atomic E-state index is -0.247. The van der Waals surface area contributed by atoms with E-state index in [1.807, 2.05) is 0 Å². The first kappa shape index (κ1) is 8.99. The van der Waals surface area contributed by atoms with Crippen molar-refractivity contribution in [2.45, 2.75) is 25.7 Å². The Morgan fingerprint density at radius 1 is 0.714 bits per heavy atom. The molecule has 0 fully saturated rings. The number of allylic oxidation sites excluding steroid dienone is 4. The molecule has 74 valence electrons. The number of rotatable bonds is 0. The molecule has 0 amide bonds. The maximum Gasteiger partial charge on any atom is 0.167 e. The molecular formula is C10H10O4. The molecule has 2 N–H and O–H groups in total. The fraction of sp³-hybridized carbons (Fsp3) is 0.400. The lowest BCUT2D eigenvalue weighted by Gasteiger charge is -2.22. The number of ketones is 2. The predicted octanol–water partition coefficient (Wildman–Crippen LogP) is 1.34. The average Bonchev–Trinajstić information content (AvgIpc) is 2.16. The Morgan fingerprint density at radius 2 is 1.07 bits per heavy atom. The second-order valence-corrected chi connectivity index (χ2v) is 3.49. The van der Waals surface area contributed by atoms with E-state index in [2.05, 4.69) is 0 Å². The number of aliphatic hydroxyl groups is 2. The minimum Gasteiger partial charge on any atom is -0.512 e. The molecule has 14 heavy (non-hydrogen) atoms. The highest BCUT2D eigenvalue weighted by Crippen LogP contribution is 2.33. The summed E-state index contributed by atoms with van der Waals surface area (Å²) in [7, 11) is 0. The quantitative estimate of drug-likeness (QED) is 0.610. The number of fused-ring (bicyclic) bond motifs is 1. The molecule has 0 atom stereocenters. The lowest BCUT2D eigenvalue weighted by Crippen LogP contribution is -2.24. The lowest BCUT2D eigenvalue weighted by molar-refractivity contribution is -0.120. The van der Waals surface area contributed by atoms with Crippen molar-refractivity contribution in [3.63, 3.8) is 0 Å². The fourth-order valence-electron chi connectivity index (χ4n) is 1.85. The van der Waals surface area contributed by atoms with E-state index < -0.39 is 0 Å². The first-order chi connectivity index (χ1) is 6.61. The molecule has 0 heterocycles. The van der Waals surface area contributed by atoms with Gasteiger partial charge >= 0.3 is 0 Å². The van der Waals surface area contributed by atoms with Gasteiger partial charge in [-0.15, -0.1) is 0 Å². The summed E-state index contributed by atoms with van der Waals surface area (Å²) in [5.74, 6) is -0.613. The predicted molar refractivity (Wildman–Crippen MR) is 47.8 cm³/mol. The van der Waals surface area contributed by atoms with E-state index in [1.165, 1.54) is 0 Å². The Labute approximate surface area is 80.5 Å². The molecule has 0 unspecified atom stereocenters. The van der Waals surface area contributed by atoms with Crippen LogP contribution >= 0.6 is 0 Å². The molecule has 0 aromatic carbocycles. The van der Waals surface area contributed by atoms with Crippen LogP contribution in [-0.4, -0.2) is 21.8 Å². The number of carbonyl (C=O) groups excluding carboxylic acids is 2. The first-order valence-corrected chi connectivity index (χ1v) is 4.52. The maximum atomic E-state index is 11.4. The molecule has 0 aromatic rings. The van der Waals surface area contributed by atoms with Crippen molar-refractivity contribution < 1.29 is 19.8 Å². The van der Waals surface area contributed by atoms with Crippen molar-refractivity contribution in [2.75, 3.05) is 0 Å². The van der Waals surface area contributed by atoms with E-state index in [0.29, 0.717) is 0 Å². The number of Topliss-reactive ketones (excluding diaryl/α,β-unsaturated/α-hetero) is 2. The zero-order valence-corrected chi connectivity index (χ0v) is 7.54. The van der Waals surface area contributed by atoms with E-state index in [0.717, 1.165) is 0 Å². The SMILES string of the molecule is O=C1CCC(O)=C2C(=O)CCC(O)=C12. The smallest absolute Gasteiger partial charge is 0.167 e. The largest absolute Gasteiger partial charge is 0.512 e. The molecule has 2 aliphatic carbocycles. The van der Waals surface area contributed by atoms with Gasteiger partial charge in [-0.1, -0.05) is 0 Å². The van der Waals surface area contributed by atoms with Gasteiger partial charge in [0, 0.05) is 25.7 Å². The van der Waals surface area contributed by atoms with Gasteiger partial charge in [-0.3, -0.25) is 9.59 Å². The molecular weight excluding hydrogens is 184 g/mol. The van der Waals surface area contributed by atoms with Gasteiger partial charge in [-0.2, -0.15) is 0 Å². The summed E-state index contributed by atoms with van der Waals surface area (Å²) >= 11 is 0. The molecule has 0 saturated carbocycles. The Balaban J connectivity index is 2.63. The van der Waals surface area contributed by atoms with Gasteiger partial charge in [0.05, 0.1) is 11.1 Å².